The zero-order valence-electron chi connectivity index (χ0n) is 15.9. The van der Waals surface area contributed by atoms with Crippen molar-refractivity contribution in [2.24, 2.45) is 0 Å². The topological polar surface area (TPSA) is 52.6 Å². The van der Waals surface area contributed by atoms with Gasteiger partial charge in [0.05, 0.1) is 0 Å². The summed E-state index contributed by atoms with van der Waals surface area (Å²) < 4.78 is 0. The predicted octanol–water partition coefficient (Wildman–Crippen LogP) is 3.89. The minimum atomic E-state index is 0.188. The summed E-state index contributed by atoms with van der Waals surface area (Å²) in [6.45, 7) is 10.1. The van der Waals surface area contributed by atoms with Gasteiger partial charge in [-0.05, 0) is 45.2 Å². The second-order valence-corrected chi connectivity index (χ2v) is 6.52. The van der Waals surface area contributed by atoms with E-state index in [0.717, 1.165) is 64.7 Å². The van der Waals surface area contributed by atoms with Crippen LogP contribution in [0.2, 0.25) is 0 Å². The third-order valence-electron chi connectivity index (χ3n) is 4.39. The number of unbranched alkanes of at least 4 members (excludes halogenated alkanes) is 8. The van der Waals surface area contributed by atoms with E-state index in [2.05, 4.69) is 23.7 Å². The van der Waals surface area contributed by atoms with E-state index in [1.54, 1.807) is 0 Å². The Morgan fingerprint density at radius 3 is 2.33 bits per heavy atom. The summed E-state index contributed by atoms with van der Waals surface area (Å²) >= 11 is 0. The fourth-order valence-corrected chi connectivity index (χ4v) is 2.78. The third kappa shape index (κ3) is 16.0. The lowest BCUT2D eigenvalue weighted by Gasteiger charge is -2.20. The predicted molar refractivity (Wildman–Crippen MR) is 103 cm³/mol. The highest BCUT2D eigenvalue weighted by molar-refractivity contribution is 5.75. The van der Waals surface area contributed by atoms with Crippen LogP contribution in [0.15, 0.2) is 12.7 Å². The van der Waals surface area contributed by atoms with Gasteiger partial charge < -0.3 is 15.3 Å². The van der Waals surface area contributed by atoms with Crippen molar-refractivity contribution in [2.45, 2.75) is 77.6 Å². The van der Waals surface area contributed by atoms with Crippen LogP contribution in [0.3, 0.4) is 0 Å². The summed E-state index contributed by atoms with van der Waals surface area (Å²) in [4.78, 5) is 14.2. The molecule has 0 saturated heterocycles. The Morgan fingerprint density at radius 2 is 1.67 bits per heavy atom. The number of rotatable bonds is 18. The second kappa shape index (κ2) is 18.5. The van der Waals surface area contributed by atoms with Crippen molar-refractivity contribution in [3.05, 3.63) is 12.7 Å². The standard InChI is InChI=1S/C20H40N2O2/c1-3-5-6-9-12-15-20(24)21-16-18-22(4-2)17-13-10-7-8-11-14-19-23/h3,23H,1,4-19H2,2H3,(H,21,24). The summed E-state index contributed by atoms with van der Waals surface area (Å²) in [6, 6.07) is 0. The van der Waals surface area contributed by atoms with Crippen molar-refractivity contribution in [1.82, 2.24) is 10.2 Å². The van der Waals surface area contributed by atoms with Gasteiger partial charge in [-0.3, -0.25) is 4.79 Å². The summed E-state index contributed by atoms with van der Waals surface area (Å²) in [5.41, 5.74) is 0. The quantitative estimate of drug-likeness (QED) is 0.294. The van der Waals surface area contributed by atoms with E-state index in [1.807, 2.05) is 6.08 Å². The zero-order chi connectivity index (χ0) is 17.9. The SMILES string of the molecule is C=CCCCCCC(=O)NCCN(CC)CCCCCCCCO. The number of likely N-dealkylation sites (N-methyl/N-ethyl adjacent to an activating group) is 1. The van der Waals surface area contributed by atoms with Gasteiger partial charge in [-0.15, -0.1) is 6.58 Å². The van der Waals surface area contributed by atoms with Gasteiger partial charge in [-0.25, -0.2) is 0 Å². The molecule has 0 spiro atoms. The number of hydrogen-bond donors (Lipinski definition) is 2. The molecule has 142 valence electrons. The third-order valence-corrected chi connectivity index (χ3v) is 4.39. The van der Waals surface area contributed by atoms with Gasteiger partial charge in [0.1, 0.15) is 0 Å². The number of carbonyl (C=O) groups excluding carboxylic acids is 1. The summed E-state index contributed by atoms with van der Waals surface area (Å²) in [6.07, 6.45) is 13.9. The van der Waals surface area contributed by atoms with E-state index < -0.39 is 0 Å². The Morgan fingerprint density at radius 1 is 1.00 bits per heavy atom. The van der Waals surface area contributed by atoms with Crippen molar-refractivity contribution < 1.29 is 9.90 Å². The average molecular weight is 341 g/mol. The first-order valence-corrected chi connectivity index (χ1v) is 9.95. The lowest BCUT2D eigenvalue weighted by Crippen LogP contribution is -2.35. The van der Waals surface area contributed by atoms with Crippen LogP contribution in [0.4, 0.5) is 0 Å². The van der Waals surface area contributed by atoms with E-state index in [4.69, 9.17) is 5.11 Å². The van der Waals surface area contributed by atoms with Crippen LogP contribution in [0.25, 0.3) is 0 Å². The van der Waals surface area contributed by atoms with Gasteiger partial charge in [0.15, 0.2) is 0 Å². The number of amides is 1. The molecule has 0 fully saturated rings. The summed E-state index contributed by atoms with van der Waals surface area (Å²) in [5, 5.41) is 11.8. The number of aliphatic hydroxyl groups excluding tert-OH is 1. The van der Waals surface area contributed by atoms with Gasteiger partial charge in [0.25, 0.3) is 0 Å². The molecule has 0 atom stereocenters. The molecule has 0 aliphatic rings. The monoisotopic (exact) mass is 340 g/mol. The molecule has 0 radical (unpaired) electrons. The number of allylic oxidation sites excluding steroid dienone is 1. The van der Waals surface area contributed by atoms with Gasteiger partial charge in [0.2, 0.25) is 5.91 Å². The van der Waals surface area contributed by atoms with Crippen molar-refractivity contribution >= 4 is 5.91 Å². The number of carbonyl (C=O) groups is 1. The molecule has 0 aromatic rings. The molecule has 0 rings (SSSR count). The molecule has 0 saturated carbocycles. The molecule has 0 aliphatic carbocycles. The van der Waals surface area contributed by atoms with E-state index >= 15 is 0 Å². The molecule has 4 heteroatoms. The van der Waals surface area contributed by atoms with Gasteiger partial charge >= 0.3 is 0 Å². The minimum Gasteiger partial charge on any atom is -0.396 e. The molecule has 2 N–H and O–H groups in total. The van der Waals surface area contributed by atoms with E-state index in [-0.39, 0.29) is 5.91 Å². The Bertz CT molecular complexity index is 295. The molecule has 0 unspecified atom stereocenters. The largest absolute Gasteiger partial charge is 0.396 e. The first-order valence-electron chi connectivity index (χ1n) is 9.95. The molecule has 0 aromatic heterocycles. The molecule has 0 aromatic carbocycles. The lowest BCUT2D eigenvalue weighted by molar-refractivity contribution is -0.121. The van der Waals surface area contributed by atoms with Crippen molar-refractivity contribution in [3.8, 4) is 0 Å². The van der Waals surface area contributed by atoms with Crippen LogP contribution in [0.1, 0.15) is 77.6 Å². The van der Waals surface area contributed by atoms with Crippen molar-refractivity contribution in [3.63, 3.8) is 0 Å². The van der Waals surface area contributed by atoms with Crippen LogP contribution >= 0.6 is 0 Å². The maximum atomic E-state index is 11.8. The number of nitrogens with one attached hydrogen (secondary N) is 1. The minimum absolute atomic E-state index is 0.188. The molecule has 4 nitrogen and oxygen atoms in total. The lowest BCUT2D eigenvalue weighted by atomic mass is 10.1. The second-order valence-electron chi connectivity index (χ2n) is 6.52. The van der Waals surface area contributed by atoms with Crippen LogP contribution < -0.4 is 5.32 Å². The Kier molecular flexibility index (Phi) is 17.8. The smallest absolute Gasteiger partial charge is 0.220 e. The van der Waals surface area contributed by atoms with Gasteiger partial charge in [-0.1, -0.05) is 45.1 Å². The Labute approximate surface area is 149 Å². The summed E-state index contributed by atoms with van der Waals surface area (Å²) in [7, 11) is 0. The van der Waals surface area contributed by atoms with Crippen LogP contribution in [0, 0.1) is 0 Å². The highest BCUT2D eigenvalue weighted by Crippen LogP contribution is 2.06. The molecule has 0 heterocycles. The van der Waals surface area contributed by atoms with Crippen LogP contribution in [0.5, 0.6) is 0 Å². The molecule has 24 heavy (non-hydrogen) atoms. The fraction of sp³-hybridized carbons (Fsp3) is 0.850. The molecule has 0 aliphatic heterocycles. The molecular weight excluding hydrogens is 300 g/mol. The first kappa shape index (κ1) is 23.1. The van der Waals surface area contributed by atoms with Gasteiger partial charge in [-0.2, -0.15) is 0 Å². The van der Waals surface area contributed by atoms with E-state index in [1.165, 1.54) is 25.7 Å². The molecule has 1 amide bonds. The Hall–Kier alpha value is -0.870. The van der Waals surface area contributed by atoms with E-state index in [9.17, 15) is 4.79 Å². The summed E-state index contributed by atoms with van der Waals surface area (Å²) in [5.74, 6) is 0.188. The van der Waals surface area contributed by atoms with Crippen LogP contribution in [-0.4, -0.2) is 48.7 Å². The van der Waals surface area contributed by atoms with Crippen molar-refractivity contribution in [2.75, 3.05) is 32.8 Å². The zero-order valence-corrected chi connectivity index (χ0v) is 15.9. The Balaban J connectivity index is 3.49. The van der Waals surface area contributed by atoms with Crippen molar-refractivity contribution in [1.29, 1.82) is 0 Å². The number of hydrogen-bond acceptors (Lipinski definition) is 3. The maximum Gasteiger partial charge on any atom is 0.220 e. The molecule has 0 bridgehead atoms. The first-order chi connectivity index (χ1) is 11.7. The highest BCUT2D eigenvalue weighted by atomic mass is 16.2. The number of aliphatic hydroxyl groups is 1. The highest BCUT2D eigenvalue weighted by Gasteiger charge is 2.04. The van der Waals surface area contributed by atoms with E-state index in [0.29, 0.717) is 13.0 Å². The van der Waals surface area contributed by atoms with Crippen LogP contribution in [-0.2, 0) is 4.79 Å². The fourth-order valence-electron chi connectivity index (χ4n) is 2.78. The maximum absolute atomic E-state index is 11.8. The normalized spacial score (nSPS) is 11.0. The average Bonchev–Trinajstić information content (AvgIpc) is 2.59. The van der Waals surface area contributed by atoms with Gasteiger partial charge in [0, 0.05) is 26.1 Å². The molecular formula is C20H40N2O2. The number of nitrogens with zero attached hydrogens (tertiary/aromatic N) is 1.